The minimum Gasteiger partial charge on any atom is -0.462 e. The molecule has 1 amide bonds. The average Bonchev–Trinajstić information content (AvgIpc) is 2.96. The molecule has 0 aliphatic heterocycles. The van der Waals surface area contributed by atoms with Gasteiger partial charge in [0, 0.05) is 5.69 Å². The van der Waals surface area contributed by atoms with Crippen LogP contribution >= 0.6 is 11.8 Å². The second-order valence-electron chi connectivity index (χ2n) is 4.57. The van der Waals surface area contributed by atoms with Gasteiger partial charge in [-0.2, -0.15) is 0 Å². The minimum atomic E-state index is -0.409. The van der Waals surface area contributed by atoms with E-state index >= 15 is 0 Å². The molecule has 0 bridgehead atoms. The lowest BCUT2D eigenvalue weighted by molar-refractivity contribution is -0.113. The SMILES string of the molecule is CCCOC(=O)c1cccc(NC(=O)CSc2nncn2N)c1. The van der Waals surface area contributed by atoms with Gasteiger partial charge in [0.05, 0.1) is 17.9 Å². The van der Waals surface area contributed by atoms with Gasteiger partial charge in [0.2, 0.25) is 11.1 Å². The van der Waals surface area contributed by atoms with Crippen LogP contribution in [0.25, 0.3) is 0 Å². The number of hydrogen-bond donors (Lipinski definition) is 2. The molecule has 0 saturated carbocycles. The number of esters is 1. The highest BCUT2D eigenvalue weighted by atomic mass is 32.2. The summed E-state index contributed by atoms with van der Waals surface area (Å²) in [6.07, 6.45) is 2.11. The van der Waals surface area contributed by atoms with E-state index in [0.717, 1.165) is 18.2 Å². The van der Waals surface area contributed by atoms with Crippen molar-refractivity contribution >= 4 is 29.3 Å². The lowest BCUT2D eigenvalue weighted by Crippen LogP contribution is -2.16. The molecular weight excluding hydrogens is 318 g/mol. The standard InChI is InChI=1S/C14H17N5O3S/c1-2-6-22-13(21)10-4-3-5-11(7-10)17-12(20)8-23-14-18-16-9-19(14)15/h3-5,7,9H,2,6,8,15H2,1H3,(H,17,20). The molecule has 0 saturated heterocycles. The maximum atomic E-state index is 11.9. The summed E-state index contributed by atoms with van der Waals surface area (Å²) in [7, 11) is 0. The highest BCUT2D eigenvalue weighted by Gasteiger charge is 2.10. The fourth-order valence-corrected chi connectivity index (χ4v) is 2.30. The molecule has 8 nitrogen and oxygen atoms in total. The van der Waals surface area contributed by atoms with E-state index in [2.05, 4.69) is 15.5 Å². The fourth-order valence-electron chi connectivity index (χ4n) is 1.66. The Balaban J connectivity index is 1.90. The molecule has 2 rings (SSSR count). The van der Waals surface area contributed by atoms with Crippen molar-refractivity contribution in [2.75, 3.05) is 23.5 Å². The number of aromatic nitrogens is 3. The molecule has 122 valence electrons. The Labute approximate surface area is 137 Å². The van der Waals surface area contributed by atoms with Crippen LogP contribution in [0.2, 0.25) is 0 Å². The van der Waals surface area contributed by atoms with Crippen molar-refractivity contribution in [1.82, 2.24) is 14.9 Å². The largest absolute Gasteiger partial charge is 0.462 e. The van der Waals surface area contributed by atoms with Crippen LogP contribution in [0.3, 0.4) is 0 Å². The summed E-state index contributed by atoms with van der Waals surface area (Å²) in [4.78, 5) is 23.7. The van der Waals surface area contributed by atoms with E-state index in [-0.39, 0.29) is 11.7 Å². The smallest absolute Gasteiger partial charge is 0.338 e. The van der Waals surface area contributed by atoms with E-state index in [4.69, 9.17) is 10.6 Å². The van der Waals surface area contributed by atoms with Gasteiger partial charge in [0.15, 0.2) is 0 Å². The molecule has 1 heterocycles. The lowest BCUT2D eigenvalue weighted by atomic mass is 10.2. The van der Waals surface area contributed by atoms with E-state index in [9.17, 15) is 9.59 Å². The molecule has 0 aliphatic rings. The number of amides is 1. The van der Waals surface area contributed by atoms with Crippen molar-refractivity contribution < 1.29 is 14.3 Å². The zero-order chi connectivity index (χ0) is 16.7. The first-order chi connectivity index (χ1) is 11.1. The van der Waals surface area contributed by atoms with E-state index in [1.54, 1.807) is 24.3 Å². The van der Waals surface area contributed by atoms with Gasteiger partial charge in [-0.25, -0.2) is 9.47 Å². The Kier molecular flexibility index (Phi) is 5.98. The van der Waals surface area contributed by atoms with Crippen LogP contribution in [0.4, 0.5) is 5.69 Å². The fraction of sp³-hybridized carbons (Fsp3) is 0.286. The van der Waals surface area contributed by atoms with Crippen LogP contribution < -0.4 is 11.2 Å². The number of ether oxygens (including phenoxy) is 1. The Morgan fingerprint density at radius 3 is 2.96 bits per heavy atom. The van der Waals surface area contributed by atoms with Crippen LogP contribution in [0.5, 0.6) is 0 Å². The Hall–Kier alpha value is -2.55. The summed E-state index contributed by atoms with van der Waals surface area (Å²) in [5.41, 5.74) is 0.918. The van der Waals surface area contributed by atoms with Crippen LogP contribution in [-0.2, 0) is 9.53 Å². The monoisotopic (exact) mass is 335 g/mol. The number of nitrogens with two attached hydrogens (primary N) is 1. The topological polar surface area (TPSA) is 112 Å². The summed E-state index contributed by atoms with van der Waals surface area (Å²) < 4.78 is 6.30. The number of thioether (sulfide) groups is 1. The first-order valence-corrected chi connectivity index (χ1v) is 7.93. The van der Waals surface area contributed by atoms with E-state index in [0.29, 0.717) is 23.0 Å². The first-order valence-electron chi connectivity index (χ1n) is 6.95. The minimum absolute atomic E-state index is 0.125. The number of rotatable bonds is 7. The van der Waals surface area contributed by atoms with Crippen LogP contribution in [0.15, 0.2) is 35.7 Å². The molecule has 2 aromatic rings. The Bertz CT molecular complexity index is 689. The van der Waals surface area contributed by atoms with Crippen molar-refractivity contribution in [1.29, 1.82) is 0 Å². The van der Waals surface area contributed by atoms with Gasteiger partial charge < -0.3 is 15.9 Å². The molecule has 23 heavy (non-hydrogen) atoms. The predicted octanol–water partition coefficient (Wildman–Crippen LogP) is 1.29. The molecule has 1 aromatic heterocycles. The number of anilines is 1. The summed E-state index contributed by atoms with van der Waals surface area (Å²) in [6.45, 7) is 2.29. The third kappa shape index (κ3) is 4.99. The lowest BCUT2D eigenvalue weighted by Gasteiger charge is -2.07. The zero-order valence-corrected chi connectivity index (χ0v) is 13.4. The maximum Gasteiger partial charge on any atom is 0.338 e. The van der Waals surface area contributed by atoms with E-state index < -0.39 is 5.97 Å². The molecule has 9 heteroatoms. The number of nitrogens with one attached hydrogen (secondary N) is 1. The number of benzene rings is 1. The van der Waals surface area contributed by atoms with Crippen molar-refractivity contribution in [2.24, 2.45) is 0 Å². The third-order valence-corrected chi connectivity index (χ3v) is 3.65. The van der Waals surface area contributed by atoms with E-state index in [1.807, 2.05) is 6.92 Å². The van der Waals surface area contributed by atoms with Crippen molar-refractivity contribution in [2.45, 2.75) is 18.5 Å². The van der Waals surface area contributed by atoms with Crippen molar-refractivity contribution in [3.8, 4) is 0 Å². The average molecular weight is 335 g/mol. The summed E-state index contributed by atoms with van der Waals surface area (Å²) >= 11 is 1.16. The molecule has 0 spiro atoms. The Morgan fingerprint density at radius 1 is 1.43 bits per heavy atom. The highest BCUT2D eigenvalue weighted by molar-refractivity contribution is 7.99. The Morgan fingerprint density at radius 2 is 2.26 bits per heavy atom. The van der Waals surface area contributed by atoms with Crippen LogP contribution in [0, 0.1) is 0 Å². The third-order valence-electron chi connectivity index (χ3n) is 2.69. The molecule has 0 radical (unpaired) electrons. The van der Waals surface area contributed by atoms with Gasteiger partial charge in [-0.3, -0.25) is 4.79 Å². The van der Waals surface area contributed by atoms with Crippen LogP contribution in [0.1, 0.15) is 23.7 Å². The predicted molar refractivity (Wildman–Crippen MR) is 86.5 cm³/mol. The quantitative estimate of drug-likeness (QED) is 0.445. The van der Waals surface area contributed by atoms with Gasteiger partial charge in [0.25, 0.3) is 0 Å². The van der Waals surface area contributed by atoms with Crippen molar-refractivity contribution in [3.63, 3.8) is 0 Å². The number of carbonyl (C=O) groups is 2. The normalized spacial score (nSPS) is 10.3. The molecule has 3 N–H and O–H groups in total. The molecule has 0 atom stereocenters. The number of hydrogen-bond acceptors (Lipinski definition) is 7. The highest BCUT2D eigenvalue weighted by Crippen LogP contribution is 2.15. The van der Waals surface area contributed by atoms with Gasteiger partial charge in [0.1, 0.15) is 6.33 Å². The molecule has 0 aliphatic carbocycles. The van der Waals surface area contributed by atoms with Gasteiger partial charge in [-0.1, -0.05) is 24.8 Å². The zero-order valence-electron chi connectivity index (χ0n) is 12.6. The molecule has 1 aromatic carbocycles. The van der Waals surface area contributed by atoms with Crippen molar-refractivity contribution in [3.05, 3.63) is 36.2 Å². The van der Waals surface area contributed by atoms with Gasteiger partial charge in [-0.05, 0) is 24.6 Å². The van der Waals surface area contributed by atoms with Gasteiger partial charge in [-0.15, -0.1) is 10.2 Å². The van der Waals surface area contributed by atoms with E-state index in [1.165, 1.54) is 11.0 Å². The summed E-state index contributed by atoms with van der Waals surface area (Å²) in [5, 5.41) is 10.5. The number of nitrogens with zero attached hydrogens (tertiary/aromatic N) is 3. The van der Waals surface area contributed by atoms with Gasteiger partial charge >= 0.3 is 5.97 Å². The second kappa shape index (κ2) is 8.18. The molecule has 0 fully saturated rings. The molecular formula is C14H17N5O3S. The summed E-state index contributed by atoms with van der Waals surface area (Å²) in [6, 6.07) is 6.59. The molecule has 0 unspecified atom stereocenters. The first kappa shape index (κ1) is 16.8. The number of carbonyl (C=O) groups excluding carboxylic acids is 2. The van der Waals surface area contributed by atoms with Crippen LogP contribution in [-0.4, -0.2) is 39.1 Å². The second-order valence-corrected chi connectivity index (χ2v) is 5.52. The number of nitrogen functional groups attached to an aromatic ring is 1. The maximum absolute atomic E-state index is 11.9. The summed E-state index contributed by atoms with van der Waals surface area (Å²) in [5.74, 6) is 5.04.